The Hall–Kier alpha value is -2.58. The van der Waals surface area contributed by atoms with E-state index in [0.717, 1.165) is 42.9 Å². The van der Waals surface area contributed by atoms with Crippen LogP contribution in [-0.2, 0) is 24.2 Å². The zero-order valence-corrected chi connectivity index (χ0v) is 20.1. The molecule has 2 heterocycles. The van der Waals surface area contributed by atoms with Gasteiger partial charge in [0.1, 0.15) is 5.75 Å². The van der Waals surface area contributed by atoms with E-state index in [1.165, 1.54) is 35.9 Å². The molecule has 8 heteroatoms. The SMILES string of the molecule is CC(C)(Oc1ccc2c(c1)CCN(Cc1ccc(C3=CC=C(C(F)(F)F)CC3)s1)CC2)C(=O)O. The van der Waals surface area contributed by atoms with Crippen LogP contribution in [-0.4, -0.2) is 40.8 Å². The summed E-state index contributed by atoms with van der Waals surface area (Å²) < 4.78 is 44.3. The van der Waals surface area contributed by atoms with Gasteiger partial charge in [-0.25, -0.2) is 4.79 Å². The summed E-state index contributed by atoms with van der Waals surface area (Å²) in [6, 6.07) is 9.89. The molecular formula is C26H28F3NO3S. The van der Waals surface area contributed by atoms with Crippen LogP contribution >= 0.6 is 11.3 Å². The van der Waals surface area contributed by atoms with Crippen molar-refractivity contribution in [3.05, 3.63) is 68.9 Å². The molecule has 0 saturated heterocycles. The number of carboxylic acid groups (broad SMARTS) is 1. The molecule has 1 N–H and O–H groups in total. The molecule has 0 unspecified atom stereocenters. The molecule has 1 aromatic carbocycles. The second-order valence-electron chi connectivity index (χ2n) is 9.27. The first-order chi connectivity index (χ1) is 16.0. The molecule has 2 aliphatic rings. The smallest absolute Gasteiger partial charge is 0.412 e. The maximum Gasteiger partial charge on any atom is 0.412 e. The Morgan fingerprint density at radius 3 is 2.41 bits per heavy atom. The Morgan fingerprint density at radius 1 is 1.03 bits per heavy atom. The minimum atomic E-state index is -4.24. The average Bonchev–Trinajstić information content (AvgIpc) is 3.15. The van der Waals surface area contributed by atoms with Gasteiger partial charge in [-0.3, -0.25) is 4.90 Å². The molecule has 0 fully saturated rings. The van der Waals surface area contributed by atoms with E-state index in [4.69, 9.17) is 4.74 Å². The first-order valence-corrected chi connectivity index (χ1v) is 12.2. The standard InChI is InChI=1S/C26H28F3NO3S/c1-25(2,24(31)32)33-21-8-5-17-11-13-30(14-12-19(17)15-21)16-22-9-10-23(34-22)18-3-6-20(7-4-18)26(27,28)29/h3,5-6,8-10,15H,4,7,11-14,16H2,1-2H3,(H,31,32). The molecule has 0 bridgehead atoms. The van der Waals surface area contributed by atoms with Crippen molar-refractivity contribution >= 4 is 22.9 Å². The number of hydrogen-bond donors (Lipinski definition) is 1. The maximum absolute atomic E-state index is 12.9. The Morgan fingerprint density at radius 2 is 1.76 bits per heavy atom. The van der Waals surface area contributed by atoms with Crippen LogP contribution in [0.2, 0.25) is 0 Å². The number of fused-ring (bicyclic) bond motifs is 1. The summed E-state index contributed by atoms with van der Waals surface area (Å²) in [5.41, 5.74) is 1.63. The van der Waals surface area contributed by atoms with Crippen LogP contribution in [0.15, 0.2) is 48.1 Å². The van der Waals surface area contributed by atoms with Crippen molar-refractivity contribution < 1.29 is 27.8 Å². The van der Waals surface area contributed by atoms with Crippen molar-refractivity contribution in [2.75, 3.05) is 13.1 Å². The van der Waals surface area contributed by atoms with Gasteiger partial charge in [0, 0.05) is 35.0 Å². The lowest BCUT2D eigenvalue weighted by molar-refractivity contribution is -0.152. The summed E-state index contributed by atoms with van der Waals surface area (Å²) in [6.45, 7) is 5.64. The third kappa shape index (κ3) is 5.73. The van der Waals surface area contributed by atoms with Gasteiger partial charge in [0.05, 0.1) is 0 Å². The fourth-order valence-corrected chi connectivity index (χ4v) is 5.35. The fraction of sp³-hybridized carbons (Fsp3) is 0.423. The van der Waals surface area contributed by atoms with E-state index in [1.807, 2.05) is 24.3 Å². The average molecular weight is 492 g/mol. The van der Waals surface area contributed by atoms with E-state index < -0.39 is 23.3 Å². The van der Waals surface area contributed by atoms with Crippen molar-refractivity contribution in [2.24, 2.45) is 0 Å². The second-order valence-corrected chi connectivity index (χ2v) is 10.4. The predicted octanol–water partition coefficient (Wildman–Crippen LogP) is 6.26. The van der Waals surface area contributed by atoms with Gasteiger partial charge >= 0.3 is 12.1 Å². The highest BCUT2D eigenvalue weighted by molar-refractivity contribution is 7.13. The summed E-state index contributed by atoms with van der Waals surface area (Å²) in [7, 11) is 0. The number of halogens is 3. The number of hydrogen-bond acceptors (Lipinski definition) is 4. The molecule has 1 aliphatic heterocycles. The molecule has 4 rings (SSSR count). The molecule has 4 nitrogen and oxygen atoms in total. The first kappa shape index (κ1) is 24.5. The minimum Gasteiger partial charge on any atom is -0.478 e. The molecule has 1 aromatic heterocycles. The quantitative estimate of drug-likeness (QED) is 0.519. The van der Waals surface area contributed by atoms with Gasteiger partial charge < -0.3 is 9.84 Å². The van der Waals surface area contributed by atoms with Crippen LogP contribution in [0.25, 0.3) is 5.57 Å². The molecule has 182 valence electrons. The van der Waals surface area contributed by atoms with Crippen LogP contribution in [0.5, 0.6) is 5.75 Å². The number of carboxylic acids is 1. The topological polar surface area (TPSA) is 49.8 Å². The third-order valence-electron chi connectivity index (χ3n) is 6.33. The van der Waals surface area contributed by atoms with Crippen molar-refractivity contribution in [1.82, 2.24) is 4.90 Å². The normalized spacial score (nSPS) is 17.4. The Bertz CT molecular complexity index is 1130. The van der Waals surface area contributed by atoms with Gasteiger partial charge in [0.25, 0.3) is 0 Å². The van der Waals surface area contributed by atoms with Crippen molar-refractivity contribution in [3.63, 3.8) is 0 Å². The maximum atomic E-state index is 12.9. The van der Waals surface area contributed by atoms with E-state index in [2.05, 4.69) is 11.0 Å². The molecule has 2 aromatic rings. The van der Waals surface area contributed by atoms with Crippen LogP contribution in [0.3, 0.4) is 0 Å². The Labute approximate surface area is 201 Å². The van der Waals surface area contributed by atoms with Crippen molar-refractivity contribution in [3.8, 4) is 5.75 Å². The van der Waals surface area contributed by atoms with Crippen LogP contribution in [0, 0.1) is 0 Å². The number of nitrogens with zero attached hydrogens (tertiary/aromatic N) is 1. The fourth-order valence-electron chi connectivity index (χ4n) is 4.24. The summed E-state index contributed by atoms with van der Waals surface area (Å²) in [6.07, 6.45) is 0.748. The molecule has 0 radical (unpaired) electrons. The van der Waals surface area contributed by atoms with Gasteiger partial charge in [-0.2, -0.15) is 13.2 Å². The molecule has 0 saturated carbocycles. The van der Waals surface area contributed by atoms with E-state index in [9.17, 15) is 23.1 Å². The first-order valence-electron chi connectivity index (χ1n) is 11.3. The zero-order valence-electron chi connectivity index (χ0n) is 19.2. The van der Waals surface area contributed by atoms with Gasteiger partial charge in [-0.05, 0) is 80.5 Å². The van der Waals surface area contributed by atoms with Gasteiger partial charge in [-0.1, -0.05) is 18.2 Å². The number of rotatable bonds is 6. The summed E-state index contributed by atoms with van der Waals surface area (Å²) in [4.78, 5) is 16.0. The number of ether oxygens (including phenoxy) is 1. The molecule has 1 aliphatic carbocycles. The number of allylic oxidation sites excluding steroid dienone is 4. The summed E-state index contributed by atoms with van der Waals surface area (Å²) in [5, 5.41) is 9.31. The lowest BCUT2D eigenvalue weighted by Gasteiger charge is -2.22. The number of thiophene rings is 1. The monoisotopic (exact) mass is 491 g/mol. The molecule has 0 atom stereocenters. The zero-order chi connectivity index (χ0) is 24.5. The van der Waals surface area contributed by atoms with E-state index in [1.54, 1.807) is 17.4 Å². The number of alkyl halides is 3. The highest BCUT2D eigenvalue weighted by Crippen LogP contribution is 2.37. The lowest BCUT2D eigenvalue weighted by Crippen LogP contribution is -2.37. The predicted molar refractivity (Wildman–Crippen MR) is 127 cm³/mol. The molecule has 34 heavy (non-hydrogen) atoms. The van der Waals surface area contributed by atoms with Gasteiger partial charge in [-0.15, -0.1) is 11.3 Å². The summed E-state index contributed by atoms with van der Waals surface area (Å²) >= 11 is 1.65. The van der Waals surface area contributed by atoms with Crippen molar-refractivity contribution in [1.29, 1.82) is 0 Å². The van der Waals surface area contributed by atoms with Crippen LogP contribution < -0.4 is 4.74 Å². The van der Waals surface area contributed by atoms with Gasteiger partial charge in [0.15, 0.2) is 5.60 Å². The molecular weight excluding hydrogens is 463 g/mol. The van der Waals surface area contributed by atoms with Crippen molar-refractivity contribution in [2.45, 2.75) is 57.9 Å². The number of carbonyl (C=O) groups is 1. The Kier molecular flexibility index (Phi) is 6.92. The van der Waals surface area contributed by atoms with Crippen LogP contribution in [0.1, 0.15) is 47.6 Å². The van der Waals surface area contributed by atoms with Gasteiger partial charge in [0.2, 0.25) is 0 Å². The van der Waals surface area contributed by atoms with Crippen LogP contribution in [0.4, 0.5) is 13.2 Å². The van der Waals surface area contributed by atoms with E-state index in [-0.39, 0.29) is 6.42 Å². The Balaban J connectivity index is 1.38. The second kappa shape index (κ2) is 9.58. The highest BCUT2D eigenvalue weighted by atomic mass is 32.1. The number of aliphatic carboxylic acids is 1. The van der Waals surface area contributed by atoms with E-state index >= 15 is 0 Å². The summed E-state index contributed by atoms with van der Waals surface area (Å²) in [5.74, 6) is -0.448. The largest absolute Gasteiger partial charge is 0.478 e. The third-order valence-corrected chi connectivity index (χ3v) is 7.48. The van der Waals surface area contributed by atoms with E-state index in [0.29, 0.717) is 12.2 Å². The minimum absolute atomic E-state index is 0.0301. The highest BCUT2D eigenvalue weighted by Gasteiger charge is 2.34. The number of benzene rings is 1. The molecule has 0 amide bonds. The molecule has 0 spiro atoms. The lowest BCUT2D eigenvalue weighted by atomic mass is 9.97.